The number of aliphatic hydroxyl groups is 1. The van der Waals surface area contributed by atoms with E-state index in [1.807, 2.05) is 12.1 Å². The van der Waals surface area contributed by atoms with E-state index < -0.39 is 24.4 Å². The molecule has 6 rings (SSSR count). The first-order chi connectivity index (χ1) is 20.0. The third-order valence-corrected chi connectivity index (χ3v) is 6.53. The van der Waals surface area contributed by atoms with E-state index in [-0.39, 0.29) is 40.2 Å². The fourth-order valence-corrected chi connectivity index (χ4v) is 4.68. The van der Waals surface area contributed by atoms with Crippen LogP contribution in [0, 0.1) is 5.82 Å². The first-order valence-electron chi connectivity index (χ1n) is 12.7. The number of amides is 1. The van der Waals surface area contributed by atoms with Gasteiger partial charge in [0.2, 0.25) is 0 Å². The molecule has 1 amide bonds. The van der Waals surface area contributed by atoms with Gasteiger partial charge in [0.1, 0.15) is 28.3 Å². The number of aliphatic hydroxyl groups excluding tert-OH is 1. The van der Waals surface area contributed by atoms with Crippen molar-refractivity contribution in [2.24, 2.45) is 0 Å². The third kappa shape index (κ3) is 5.08. The van der Waals surface area contributed by atoms with Gasteiger partial charge in [0.05, 0.1) is 18.2 Å². The highest BCUT2D eigenvalue weighted by Crippen LogP contribution is 2.48. The number of benzene rings is 4. The highest BCUT2D eigenvalue weighted by atomic mass is 19.1. The Morgan fingerprint density at radius 2 is 1.39 bits per heavy atom. The van der Waals surface area contributed by atoms with Crippen LogP contribution in [0.5, 0.6) is 23.0 Å². The highest BCUT2D eigenvalue weighted by molar-refractivity contribution is 6.08. The summed E-state index contributed by atoms with van der Waals surface area (Å²) in [5.41, 5.74) is 1.30. The zero-order valence-electron chi connectivity index (χ0n) is 21.8. The van der Waals surface area contributed by atoms with Crippen molar-refractivity contribution >= 4 is 16.9 Å². The van der Waals surface area contributed by atoms with E-state index in [1.165, 1.54) is 36.5 Å². The van der Waals surface area contributed by atoms with Gasteiger partial charge in [-0.3, -0.25) is 4.79 Å². The van der Waals surface area contributed by atoms with E-state index in [2.05, 4.69) is 9.97 Å². The van der Waals surface area contributed by atoms with Gasteiger partial charge in [0, 0.05) is 18.9 Å². The first kappa shape index (κ1) is 26.0. The zero-order valence-corrected chi connectivity index (χ0v) is 21.8. The number of rotatable bonds is 9. The molecule has 1 N–H and O–H groups in total. The molecule has 10 heteroatoms. The predicted octanol–water partition coefficient (Wildman–Crippen LogP) is 5.24. The van der Waals surface area contributed by atoms with Gasteiger partial charge in [-0.15, -0.1) is 0 Å². The van der Waals surface area contributed by atoms with Gasteiger partial charge in [0.25, 0.3) is 5.91 Å². The molecule has 2 heterocycles. The Morgan fingerprint density at radius 1 is 0.829 bits per heavy atom. The molecule has 1 aromatic heterocycles. The van der Waals surface area contributed by atoms with Gasteiger partial charge < -0.3 is 29.0 Å². The lowest BCUT2D eigenvalue weighted by Gasteiger charge is -2.23. The van der Waals surface area contributed by atoms with Crippen molar-refractivity contribution in [2.75, 3.05) is 7.11 Å². The zero-order chi connectivity index (χ0) is 28.3. The lowest BCUT2D eigenvalue weighted by Crippen LogP contribution is -2.32. The summed E-state index contributed by atoms with van der Waals surface area (Å²) in [6.07, 6.45) is 1.52. The summed E-state index contributed by atoms with van der Waals surface area (Å²) >= 11 is 0. The quantitative estimate of drug-likeness (QED) is 0.247. The molecule has 0 spiro atoms. The van der Waals surface area contributed by atoms with Gasteiger partial charge in [-0.1, -0.05) is 48.5 Å². The van der Waals surface area contributed by atoms with Crippen molar-refractivity contribution in [1.29, 1.82) is 0 Å². The smallest absolute Gasteiger partial charge is 0.406 e. The molecule has 0 fully saturated rings. The number of hydrogen-bond acceptors (Lipinski definition) is 8. The summed E-state index contributed by atoms with van der Waals surface area (Å²) in [5, 5.41) is 11.4. The molecular weight excluding hydrogens is 529 g/mol. The van der Waals surface area contributed by atoms with Gasteiger partial charge in [0.15, 0.2) is 17.7 Å². The van der Waals surface area contributed by atoms with Crippen molar-refractivity contribution in [3.8, 4) is 23.0 Å². The maximum Gasteiger partial charge on any atom is 0.406 e. The lowest BCUT2D eigenvalue weighted by molar-refractivity contribution is -0.139. The van der Waals surface area contributed by atoms with E-state index in [4.69, 9.17) is 18.9 Å². The molecule has 5 aromatic rings. The molecule has 4 aromatic carbocycles. The van der Waals surface area contributed by atoms with Crippen LogP contribution in [0.25, 0.3) is 11.0 Å². The normalized spacial score (nSPS) is 14.3. The molecule has 1 unspecified atom stereocenters. The van der Waals surface area contributed by atoms with Crippen LogP contribution in [0.3, 0.4) is 0 Å². The van der Waals surface area contributed by atoms with Crippen LogP contribution in [0.2, 0.25) is 0 Å². The molecule has 206 valence electrons. The summed E-state index contributed by atoms with van der Waals surface area (Å²) in [5.74, 6) is 0.148. The molecule has 1 aliphatic rings. The average Bonchev–Trinajstić information content (AvgIpc) is 3.24. The summed E-state index contributed by atoms with van der Waals surface area (Å²) in [6, 6.07) is 23.5. The Morgan fingerprint density at radius 3 is 1.95 bits per heavy atom. The van der Waals surface area contributed by atoms with Crippen molar-refractivity contribution in [2.45, 2.75) is 19.2 Å². The van der Waals surface area contributed by atoms with Crippen molar-refractivity contribution in [3.63, 3.8) is 0 Å². The molecule has 9 nitrogen and oxygen atoms in total. The fraction of sp³-hybridized carbons (Fsp3) is 0.129. The molecule has 0 radical (unpaired) electrons. The average molecular weight is 554 g/mol. The molecule has 1 aliphatic heterocycles. The number of fused-ring (bicyclic) bond motifs is 2. The molecule has 0 bridgehead atoms. The molecular formula is C31H24FN3O6. The second-order valence-electron chi connectivity index (χ2n) is 9.11. The summed E-state index contributed by atoms with van der Waals surface area (Å²) < 4.78 is 37.5. The standard InChI is InChI=1S/C31H24FN3O6/c1-38-27-23-24(30(37)35(29(23)36)18-19-12-14-20(32)15-13-19)28(26-25(27)33-16-17-34-26)41-31(39-21-8-4-2-5-9-21)40-22-10-6-3-7-11-22/h2-17,29,31,36H,18H2,1H3. The van der Waals surface area contributed by atoms with Gasteiger partial charge in [-0.25, -0.2) is 14.4 Å². The number of aromatic nitrogens is 2. The van der Waals surface area contributed by atoms with Crippen LogP contribution >= 0.6 is 0 Å². The number of nitrogens with zero attached hydrogens (tertiary/aromatic N) is 3. The van der Waals surface area contributed by atoms with E-state index in [1.54, 1.807) is 60.7 Å². The van der Waals surface area contributed by atoms with E-state index in [9.17, 15) is 14.3 Å². The maximum atomic E-state index is 13.9. The van der Waals surface area contributed by atoms with Gasteiger partial charge in [-0.05, 0) is 42.0 Å². The minimum atomic E-state index is -1.41. The Balaban J connectivity index is 1.46. The van der Waals surface area contributed by atoms with Crippen LogP contribution in [0.4, 0.5) is 4.39 Å². The first-order valence-corrected chi connectivity index (χ1v) is 12.7. The molecule has 0 saturated heterocycles. The van der Waals surface area contributed by atoms with Crippen molar-refractivity contribution in [3.05, 3.63) is 120 Å². The number of carbonyl (C=O) groups excluding carboxylic acids is 1. The second-order valence-corrected chi connectivity index (χ2v) is 9.11. The number of ether oxygens (including phenoxy) is 4. The lowest BCUT2D eigenvalue weighted by atomic mass is 10.0. The largest absolute Gasteiger partial charge is 0.494 e. The Bertz CT molecular complexity index is 1640. The number of hydrogen-bond donors (Lipinski definition) is 1. The van der Waals surface area contributed by atoms with E-state index >= 15 is 0 Å². The molecule has 1 atom stereocenters. The minimum absolute atomic E-state index is 0.000778. The second kappa shape index (κ2) is 11.1. The van der Waals surface area contributed by atoms with Crippen LogP contribution in [-0.4, -0.2) is 39.5 Å². The van der Waals surface area contributed by atoms with Crippen LogP contribution in [-0.2, 0) is 6.54 Å². The van der Waals surface area contributed by atoms with Gasteiger partial charge in [-0.2, -0.15) is 0 Å². The summed E-state index contributed by atoms with van der Waals surface area (Å²) in [7, 11) is 1.42. The topological polar surface area (TPSA) is 103 Å². The predicted molar refractivity (Wildman–Crippen MR) is 146 cm³/mol. The summed E-state index contributed by atoms with van der Waals surface area (Å²) in [6.45, 7) is -1.36. The molecule has 0 saturated carbocycles. The fourth-order valence-electron chi connectivity index (χ4n) is 4.68. The number of para-hydroxylation sites is 2. The van der Waals surface area contributed by atoms with Gasteiger partial charge >= 0.3 is 6.48 Å². The SMILES string of the molecule is COc1c2c(c(OC(Oc3ccccc3)Oc3ccccc3)c3nccnc13)C(=O)N(Cc1ccc(F)cc1)C2O. The molecule has 41 heavy (non-hydrogen) atoms. The Labute approximate surface area is 234 Å². The molecule has 0 aliphatic carbocycles. The monoisotopic (exact) mass is 553 g/mol. The van der Waals surface area contributed by atoms with E-state index in [0.717, 1.165) is 0 Å². The third-order valence-electron chi connectivity index (χ3n) is 6.53. The number of methoxy groups -OCH3 is 1. The minimum Gasteiger partial charge on any atom is -0.494 e. The van der Waals surface area contributed by atoms with Crippen molar-refractivity contribution in [1.82, 2.24) is 14.9 Å². The van der Waals surface area contributed by atoms with E-state index in [0.29, 0.717) is 17.1 Å². The number of carbonyl (C=O) groups is 1. The van der Waals surface area contributed by atoms with Crippen LogP contribution < -0.4 is 18.9 Å². The van der Waals surface area contributed by atoms with Crippen LogP contribution in [0.1, 0.15) is 27.7 Å². The highest BCUT2D eigenvalue weighted by Gasteiger charge is 2.44. The van der Waals surface area contributed by atoms with Crippen LogP contribution in [0.15, 0.2) is 97.3 Å². The van der Waals surface area contributed by atoms with Crippen molar-refractivity contribution < 1.29 is 33.2 Å². The Hall–Kier alpha value is -5.22. The Kier molecular flexibility index (Phi) is 7.05. The maximum absolute atomic E-state index is 13.9. The summed E-state index contributed by atoms with van der Waals surface area (Å²) in [4.78, 5) is 24.0. The number of halogens is 1.